The first-order valence-corrected chi connectivity index (χ1v) is 7.10. The van der Waals surface area contributed by atoms with E-state index in [4.69, 9.17) is 0 Å². The van der Waals surface area contributed by atoms with Gasteiger partial charge in [0.05, 0.1) is 0 Å². The zero-order valence-corrected chi connectivity index (χ0v) is 9.69. The van der Waals surface area contributed by atoms with Crippen LogP contribution >= 0.6 is 11.8 Å². The molecule has 2 atom stereocenters. The van der Waals surface area contributed by atoms with Crippen molar-refractivity contribution in [3.63, 3.8) is 0 Å². The lowest BCUT2D eigenvalue weighted by atomic mass is 10.0. The smallest absolute Gasteiger partial charge is 0.223 e. The molecule has 3 nitrogen and oxygen atoms in total. The molecule has 1 aliphatic carbocycles. The second-order valence-corrected chi connectivity index (χ2v) is 6.13. The number of fused-ring (bicyclic) bond motifs is 1. The molecule has 0 radical (unpaired) electrons. The van der Waals surface area contributed by atoms with Crippen molar-refractivity contribution >= 4 is 17.7 Å². The van der Waals surface area contributed by atoms with E-state index in [2.05, 4.69) is 10.6 Å². The van der Waals surface area contributed by atoms with Gasteiger partial charge in [0.25, 0.3) is 0 Å². The van der Waals surface area contributed by atoms with Crippen LogP contribution in [0.15, 0.2) is 0 Å². The molecule has 0 aromatic rings. The third-order valence-corrected chi connectivity index (χ3v) is 5.04. The fourth-order valence-electron chi connectivity index (χ4n) is 2.87. The van der Waals surface area contributed by atoms with Crippen LogP contribution in [-0.2, 0) is 4.79 Å². The van der Waals surface area contributed by atoms with Crippen molar-refractivity contribution in [3.8, 4) is 0 Å². The normalized spacial score (nSPS) is 39.9. The molecule has 2 unspecified atom stereocenters. The van der Waals surface area contributed by atoms with Crippen LogP contribution in [0.5, 0.6) is 0 Å². The van der Waals surface area contributed by atoms with Crippen molar-refractivity contribution in [1.82, 2.24) is 10.6 Å². The van der Waals surface area contributed by atoms with Gasteiger partial charge in [0.2, 0.25) is 5.91 Å². The molecule has 0 bridgehead atoms. The Morgan fingerprint density at radius 3 is 2.53 bits per heavy atom. The van der Waals surface area contributed by atoms with E-state index in [9.17, 15) is 4.79 Å². The quantitative estimate of drug-likeness (QED) is 0.719. The molecule has 3 aliphatic rings. The fraction of sp³-hybridized carbons (Fsp3) is 0.909. The first kappa shape index (κ1) is 9.97. The Balaban J connectivity index is 1.49. The van der Waals surface area contributed by atoms with E-state index in [1.165, 1.54) is 0 Å². The maximum atomic E-state index is 11.9. The molecular weight excluding hydrogens is 208 g/mol. The van der Waals surface area contributed by atoms with Gasteiger partial charge in [-0.2, -0.15) is 11.8 Å². The van der Waals surface area contributed by atoms with Crippen molar-refractivity contribution in [1.29, 1.82) is 0 Å². The molecule has 3 rings (SSSR count). The summed E-state index contributed by atoms with van der Waals surface area (Å²) in [6, 6.07) is 0.508. The van der Waals surface area contributed by atoms with Crippen molar-refractivity contribution in [2.75, 3.05) is 24.6 Å². The van der Waals surface area contributed by atoms with Crippen LogP contribution in [0.25, 0.3) is 0 Å². The summed E-state index contributed by atoms with van der Waals surface area (Å²) in [6.07, 6.45) is 2.16. The molecule has 2 saturated heterocycles. The van der Waals surface area contributed by atoms with Gasteiger partial charge in [-0.25, -0.2) is 0 Å². The summed E-state index contributed by atoms with van der Waals surface area (Å²) in [5.41, 5.74) is 0. The minimum Gasteiger partial charge on any atom is -0.352 e. The van der Waals surface area contributed by atoms with Gasteiger partial charge < -0.3 is 10.6 Å². The van der Waals surface area contributed by atoms with Crippen molar-refractivity contribution in [3.05, 3.63) is 0 Å². The minimum atomic E-state index is 0.306. The lowest BCUT2D eigenvalue weighted by Crippen LogP contribution is -2.37. The number of hydrogen-bond acceptors (Lipinski definition) is 3. The molecule has 0 aromatic heterocycles. The summed E-state index contributed by atoms with van der Waals surface area (Å²) >= 11 is 1.98. The molecule has 84 valence electrons. The number of carbonyl (C=O) groups excluding carboxylic acids is 1. The molecule has 1 amide bonds. The molecule has 1 saturated carbocycles. The maximum Gasteiger partial charge on any atom is 0.223 e. The summed E-state index contributed by atoms with van der Waals surface area (Å²) in [5.74, 6) is 4.45. The standard InChI is InChI=1S/C11H18N2OS/c14-11(7-1-3-15-4-2-7)13-10-8-5-12-6-9(8)10/h7-10,12H,1-6H2,(H,13,14). The summed E-state index contributed by atoms with van der Waals surface area (Å²) in [6.45, 7) is 2.21. The van der Waals surface area contributed by atoms with Gasteiger partial charge in [-0.15, -0.1) is 0 Å². The third kappa shape index (κ3) is 1.89. The van der Waals surface area contributed by atoms with E-state index in [0.29, 0.717) is 17.9 Å². The van der Waals surface area contributed by atoms with Gasteiger partial charge in [-0.1, -0.05) is 0 Å². The Kier molecular flexibility index (Phi) is 2.64. The fourth-order valence-corrected chi connectivity index (χ4v) is 3.98. The van der Waals surface area contributed by atoms with E-state index in [1.807, 2.05) is 11.8 Å². The zero-order valence-electron chi connectivity index (χ0n) is 8.87. The monoisotopic (exact) mass is 226 g/mol. The number of nitrogens with one attached hydrogen (secondary N) is 2. The van der Waals surface area contributed by atoms with Crippen molar-refractivity contribution in [2.24, 2.45) is 17.8 Å². The molecule has 2 aliphatic heterocycles. The molecule has 2 N–H and O–H groups in total. The van der Waals surface area contributed by atoms with E-state index in [0.717, 1.165) is 49.3 Å². The second-order valence-electron chi connectivity index (χ2n) is 4.91. The SMILES string of the molecule is O=C(NC1C2CNCC21)C1CCSCC1. The van der Waals surface area contributed by atoms with E-state index in [-0.39, 0.29) is 0 Å². The van der Waals surface area contributed by atoms with Crippen LogP contribution in [0, 0.1) is 17.8 Å². The highest BCUT2D eigenvalue weighted by Crippen LogP contribution is 2.41. The minimum absolute atomic E-state index is 0.306. The van der Waals surface area contributed by atoms with Gasteiger partial charge in [-0.3, -0.25) is 4.79 Å². The Morgan fingerprint density at radius 1 is 1.20 bits per heavy atom. The van der Waals surface area contributed by atoms with Crippen LogP contribution in [0.4, 0.5) is 0 Å². The number of carbonyl (C=O) groups is 1. The molecule has 2 heterocycles. The number of rotatable bonds is 2. The van der Waals surface area contributed by atoms with Gasteiger partial charge in [0.1, 0.15) is 0 Å². The number of amides is 1. The van der Waals surface area contributed by atoms with Gasteiger partial charge in [-0.05, 0) is 36.2 Å². The summed E-state index contributed by atoms with van der Waals surface area (Å²) in [5, 5.41) is 6.59. The highest BCUT2D eigenvalue weighted by atomic mass is 32.2. The molecule has 0 spiro atoms. The summed E-state index contributed by atoms with van der Waals surface area (Å²) < 4.78 is 0. The molecular formula is C11H18N2OS. The number of hydrogen-bond donors (Lipinski definition) is 2. The third-order valence-electron chi connectivity index (χ3n) is 3.99. The summed E-state index contributed by atoms with van der Waals surface area (Å²) in [4.78, 5) is 11.9. The maximum absolute atomic E-state index is 11.9. The molecule has 3 fully saturated rings. The topological polar surface area (TPSA) is 41.1 Å². The van der Waals surface area contributed by atoms with Gasteiger partial charge >= 0.3 is 0 Å². The largest absolute Gasteiger partial charge is 0.352 e. The lowest BCUT2D eigenvalue weighted by molar-refractivity contribution is -0.125. The van der Waals surface area contributed by atoms with Crippen LogP contribution in [0.3, 0.4) is 0 Å². The molecule has 15 heavy (non-hydrogen) atoms. The van der Waals surface area contributed by atoms with E-state index < -0.39 is 0 Å². The Labute approximate surface area is 94.8 Å². The first-order valence-electron chi connectivity index (χ1n) is 5.95. The van der Waals surface area contributed by atoms with Crippen LogP contribution < -0.4 is 10.6 Å². The number of thioether (sulfide) groups is 1. The predicted octanol–water partition coefficient (Wildman–Crippen LogP) is 0.464. The van der Waals surface area contributed by atoms with E-state index in [1.54, 1.807) is 0 Å². The van der Waals surface area contributed by atoms with Crippen LogP contribution in [0.2, 0.25) is 0 Å². The molecule has 0 aromatic carbocycles. The Bertz CT molecular complexity index is 255. The van der Waals surface area contributed by atoms with Gasteiger partial charge in [0.15, 0.2) is 0 Å². The zero-order chi connectivity index (χ0) is 10.3. The predicted molar refractivity (Wildman–Crippen MR) is 61.8 cm³/mol. The Hall–Kier alpha value is -0.220. The highest BCUT2D eigenvalue weighted by Gasteiger charge is 2.53. The average Bonchev–Trinajstić information content (AvgIpc) is 2.75. The Morgan fingerprint density at radius 2 is 1.87 bits per heavy atom. The van der Waals surface area contributed by atoms with Crippen LogP contribution in [-0.4, -0.2) is 36.5 Å². The van der Waals surface area contributed by atoms with Gasteiger partial charge in [0, 0.05) is 25.0 Å². The van der Waals surface area contributed by atoms with Crippen molar-refractivity contribution < 1.29 is 4.79 Å². The second kappa shape index (κ2) is 3.98. The highest BCUT2D eigenvalue weighted by molar-refractivity contribution is 7.99. The first-order chi connectivity index (χ1) is 7.36. The lowest BCUT2D eigenvalue weighted by Gasteiger charge is -2.21. The summed E-state index contributed by atoms with van der Waals surface area (Å²) in [7, 11) is 0. The van der Waals surface area contributed by atoms with Crippen LogP contribution in [0.1, 0.15) is 12.8 Å². The average molecular weight is 226 g/mol. The van der Waals surface area contributed by atoms with Crippen molar-refractivity contribution in [2.45, 2.75) is 18.9 Å². The molecule has 4 heteroatoms. The van der Waals surface area contributed by atoms with E-state index >= 15 is 0 Å². The number of piperidine rings is 1.